The van der Waals surface area contributed by atoms with Crippen LogP contribution < -0.4 is 0 Å². The summed E-state index contributed by atoms with van der Waals surface area (Å²) in [5.74, 6) is -0.189. The van der Waals surface area contributed by atoms with E-state index in [2.05, 4.69) is 0 Å². The van der Waals surface area contributed by atoms with E-state index in [9.17, 15) is 9.59 Å². The lowest BCUT2D eigenvalue weighted by atomic mass is 9.86. The van der Waals surface area contributed by atoms with Gasteiger partial charge in [-0.15, -0.1) is 0 Å². The minimum atomic E-state index is -0.507. The Labute approximate surface area is 83.9 Å². The van der Waals surface area contributed by atoms with Crippen LogP contribution in [-0.4, -0.2) is 35.0 Å². The largest absolute Gasteiger partial charge is 0.396 e. The molecule has 1 rings (SSSR count). The number of nitrogens with zero attached hydrogens (tertiary/aromatic N) is 1. The SMILES string of the molecule is CCC1(C)CC(=O)N(CCCO)C1=O. The van der Waals surface area contributed by atoms with Crippen molar-refractivity contribution in [2.45, 2.75) is 33.1 Å². The molecule has 4 nitrogen and oxygen atoms in total. The molecule has 0 saturated carbocycles. The monoisotopic (exact) mass is 199 g/mol. The molecule has 2 amide bonds. The molecular weight excluding hydrogens is 182 g/mol. The Kier molecular flexibility index (Phi) is 3.26. The molecule has 1 N–H and O–H groups in total. The lowest BCUT2D eigenvalue weighted by Gasteiger charge is -2.19. The maximum absolute atomic E-state index is 11.8. The van der Waals surface area contributed by atoms with E-state index in [4.69, 9.17) is 5.11 Å². The van der Waals surface area contributed by atoms with E-state index in [1.54, 1.807) is 0 Å². The van der Waals surface area contributed by atoms with Crippen LogP contribution >= 0.6 is 0 Å². The minimum Gasteiger partial charge on any atom is -0.396 e. The third-order valence-electron chi connectivity index (χ3n) is 2.92. The van der Waals surface area contributed by atoms with Gasteiger partial charge in [-0.25, -0.2) is 0 Å². The van der Waals surface area contributed by atoms with Crippen LogP contribution in [0.25, 0.3) is 0 Å². The highest BCUT2D eigenvalue weighted by Gasteiger charge is 2.46. The van der Waals surface area contributed by atoms with Gasteiger partial charge in [-0.2, -0.15) is 0 Å². The van der Waals surface area contributed by atoms with Crippen LogP contribution in [0.3, 0.4) is 0 Å². The molecule has 0 aromatic heterocycles. The number of hydrogen-bond donors (Lipinski definition) is 1. The second-order valence-electron chi connectivity index (χ2n) is 4.02. The Morgan fingerprint density at radius 3 is 2.57 bits per heavy atom. The maximum Gasteiger partial charge on any atom is 0.235 e. The lowest BCUT2D eigenvalue weighted by Crippen LogP contribution is -2.35. The molecule has 1 heterocycles. The predicted octanol–water partition coefficient (Wildman–Crippen LogP) is 0.544. The van der Waals surface area contributed by atoms with Crippen LogP contribution in [0.2, 0.25) is 0 Å². The van der Waals surface area contributed by atoms with E-state index >= 15 is 0 Å². The number of likely N-dealkylation sites (tertiary alicyclic amines) is 1. The number of carbonyl (C=O) groups excluding carboxylic acids is 2. The van der Waals surface area contributed by atoms with E-state index in [0.717, 1.165) is 0 Å². The van der Waals surface area contributed by atoms with Gasteiger partial charge in [0.1, 0.15) is 0 Å². The first kappa shape index (κ1) is 11.2. The summed E-state index contributed by atoms with van der Waals surface area (Å²) in [4.78, 5) is 24.6. The van der Waals surface area contributed by atoms with Crippen LogP contribution in [0, 0.1) is 5.41 Å². The van der Waals surface area contributed by atoms with Gasteiger partial charge in [-0.05, 0) is 12.8 Å². The molecule has 1 fully saturated rings. The molecule has 14 heavy (non-hydrogen) atoms. The Bertz CT molecular complexity index is 252. The highest BCUT2D eigenvalue weighted by Crippen LogP contribution is 2.35. The molecule has 1 aliphatic rings. The zero-order chi connectivity index (χ0) is 10.8. The van der Waals surface area contributed by atoms with Crippen LogP contribution in [0.1, 0.15) is 33.1 Å². The third kappa shape index (κ3) is 1.80. The highest BCUT2D eigenvalue weighted by molar-refractivity contribution is 6.05. The second kappa shape index (κ2) is 4.09. The predicted molar refractivity (Wildman–Crippen MR) is 51.4 cm³/mol. The van der Waals surface area contributed by atoms with Gasteiger partial charge >= 0.3 is 0 Å². The van der Waals surface area contributed by atoms with Gasteiger partial charge < -0.3 is 5.11 Å². The lowest BCUT2D eigenvalue weighted by molar-refractivity contribution is -0.141. The van der Waals surface area contributed by atoms with Crippen molar-refractivity contribution in [3.05, 3.63) is 0 Å². The third-order valence-corrected chi connectivity index (χ3v) is 2.92. The molecular formula is C10H17NO3. The van der Waals surface area contributed by atoms with Gasteiger partial charge in [-0.1, -0.05) is 13.8 Å². The smallest absolute Gasteiger partial charge is 0.235 e. The van der Waals surface area contributed by atoms with Gasteiger partial charge in [0, 0.05) is 19.6 Å². The summed E-state index contributed by atoms with van der Waals surface area (Å²) in [5, 5.41) is 8.64. The van der Waals surface area contributed by atoms with E-state index in [0.29, 0.717) is 25.8 Å². The van der Waals surface area contributed by atoms with Crippen LogP contribution in [-0.2, 0) is 9.59 Å². The summed E-state index contributed by atoms with van der Waals surface area (Å²) >= 11 is 0. The van der Waals surface area contributed by atoms with E-state index in [-0.39, 0.29) is 18.4 Å². The van der Waals surface area contributed by atoms with Gasteiger partial charge in [0.15, 0.2) is 0 Å². The average molecular weight is 199 g/mol. The van der Waals surface area contributed by atoms with Gasteiger partial charge in [0.2, 0.25) is 11.8 Å². The zero-order valence-corrected chi connectivity index (χ0v) is 8.75. The van der Waals surface area contributed by atoms with Crippen molar-refractivity contribution in [3.8, 4) is 0 Å². The molecule has 0 radical (unpaired) electrons. The number of imide groups is 1. The van der Waals surface area contributed by atoms with Crippen molar-refractivity contribution in [1.29, 1.82) is 0 Å². The first-order valence-electron chi connectivity index (χ1n) is 5.01. The number of aliphatic hydroxyl groups is 1. The molecule has 0 bridgehead atoms. The zero-order valence-electron chi connectivity index (χ0n) is 8.75. The molecule has 0 aromatic carbocycles. The summed E-state index contributed by atoms with van der Waals surface area (Å²) in [6, 6.07) is 0. The number of rotatable bonds is 4. The Hall–Kier alpha value is -0.900. The fourth-order valence-electron chi connectivity index (χ4n) is 1.68. The minimum absolute atomic E-state index is 0.0138. The van der Waals surface area contributed by atoms with Crippen LogP contribution in [0.4, 0.5) is 0 Å². The summed E-state index contributed by atoms with van der Waals surface area (Å²) in [5.41, 5.74) is -0.507. The van der Waals surface area contributed by atoms with Crippen molar-refractivity contribution in [2.24, 2.45) is 5.41 Å². The van der Waals surface area contributed by atoms with Crippen molar-refractivity contribution >= 4 is 11.8 Å². The van der Waals surface area contributed by atoms with E-state index in [1.807, 2.05) is 13.8 Å². The molecule has 0 aromatic rings. The normalized spacial score (nSPS) is 27.5. The van der Waals surface area contributed by atoms with Gasteiger partial charge in [0.25, 0.3) is 0 Å². The Balaban J connectivity index is 2.70. The summed E-state index contributed by atoms with van der Waals surface area (Å²) < 4.78 is 0. The maximum atomic E-state index is 11.8. The molecule has 1 unspecified atom stereocenters. The van der Waals surface area contributed by atoms with Crippen molar-refractivity contribution in [2.75, 3.05) is 13.2 Å². The molecule has 1 atom stereocenters. The van der Waals surface area contributed by atoms with Gasteiger partial charge in [0.05, 0.1) is 5.41 Å². The summed E-state index contributed by atoms with van der Waals surface area (Å²) in [6.45, 7) is 4.11. The second-order valence-corrected chi connectivity index (χ2v) is 4.02. The molecule has 0 spiro atoms. The molecule has 0 aliphatic carbocycles. The number of carbonyl (C=O) groups is 2. The number of hydrogen-bond acceptors (Lipinski definition) is 3. The topological polar surface area (TPSA) is 57.6 Å². The quantitative estimate of drug-likeness (QED) is 0.672. The fraction of sp³-hybridized carbons (Fsp3) is 0.800. The van der Waals surface area contributed by atoms with Crippen molar-refractivity contribution < 1.29 is 14.7 Å². The summed E-state index contributed by atoms with van der Waals surface area (Å²) in [7, 11) is 0. The van der Waals surface area contributed by atoms with E-state index in [1.165, 1.54) is 4.90 Å². The highest BCUT2D eigenvalue weighted by atomic mass is 16.3. The number of amides is 2. The molecule has 1 saturated heterocycles. The summed E-state index contributed by atoms with van der Waals surface area (Å²) in [6.07, 6.45) is 1.47. The first-order valence-corrected chi connectivity index (χ1v) is 5.01. The standard InChI is InChI=1S/C10H17NO3/c1-3-10(2)7-8(13)11(9(10)14)5-4-6-12/h12H,3-7H2,1-2H3. The molecule has 1 aliphatic heterocycles. The number of aliphatic hydroxyl groups excluding tert-OH is 1. The van der Waals surface area contributed by atoms with E-state index < -0.39 is 5.41 Å². The molecule has 4 heteroatoms. The van der Waals surface area contributed by atoms with Crippen LogP contribution in [0.5, 0.6) is 0 Å². The van der Waals surface area contributed by atoms with Gasteiger partial charge in [-0.3, -0.25) is 14.5 Å². The Morgan fingerprint density at radius 2 is 2.14 bits per heavy atom. The Morgan fingerprint density at radius 1 is 1.50 bits per heavy atom. The first-order chi connectivity index (χ1) is 6.55. The van der Waals surface area contributed by atoms with Crippen molar-refractivity contribution in [3.63, 3.8) is 0 Å². The molecule has 80 valence electrons. The fourth-order valence-corrected chi connectivity index (χ4v) is 1.68. The van der Waals surface area contributed by atoms with Crippen molar-refractivity contribution in [1.82, 2.24) is 4.90 Å². The average Bonchev–Trinajstić information content (AvgIpc) is 2.37. The van der Waals surface area contributed by atoms with Crippen LogP contribution in [0.15, 0.2) is 0 Å².